The molecular weight excluding hydrogens is 376 g/mol. The zero-order chi connectivity index (χ0) is 19.6. The molecule has 2 heterocycles. The second kappa shape index (κ2) is 7.61. The average molecular weight is 395 g/mol. The molecule has 9 heteroatoms. The van der Waals surface area contributed by atoms with Crippen molar-refractivity contribution >= 4 is 10.0 Å². The summed E-state index contributed by atoms with van der Waals surface area (Å²) in [6.07, 6.45) is 1.50. The summed E-state index contributed by atoms with van der Waals surface area (Å²) in [5.41, 5.74) is 1.67. The predicted molar refractivity (Wildman–Crippen MR) is 95.5 cm³/mol. The summed E-state index contributed by atoms with van der Waals surface area (Å²) < 4.78 is 61.0. The van der Waals surface area contributed by atoms with Crippen LogP contribution in [0.1, 0.15) is 28.8 Å². The third-order valence-corrected chi connectivity index (χ3v) is 5.31. The smallest absolute Gasteiger partial charge is 0.215 e. The van der Waals surface area contributed by atoms with Crippen molar-refractivity contribution in [3.05, 3.63) is 77.0 Å². The lowest BCUT2D eigenvalue weighted by Gasteiger charge is -2.18. The molecule has 1 unspecified atom stereocenters. The van der Waals surface area contributed by atoms with Gasteiger partial charge in [0.15, 0.2) is 0 Å². The fraction of sp³-hybridized carbons (Fsp3) is 0.278. The Morgan fingerprint density at radius 3 is 2.44 bits per heavy atom. The topological polar surface area (TPSA) is 77.1 Å². The molecule has 1 aromatic carbocycles. The predicted octanol–water partition coefficient (Wildman–Crippen LogP) is 3.08. The van der Waals surface area contributed by atoms with E-state index in [2.05, 4.69) is 9.82 Å². The van der Waals surface area contributed by atoms with E-state index in [0.717, 1.165) is 23.5 Å². The van der Waals surface area contributed by atoms with Gasteiger partial charge in [-0.05, 0) is 49.7 Å². The van der Waals surface area contributed by atoms with E-state index < -0.39 is 33.5 Å². The van der Waals surface area contributed by atoms with Crippen LogP contribution in [0.4, 0.5) is 8.78 Å². The van der Waals surface area contributed by atoms with Gasteiger partial charge in [-0.2, -0.15) is 5.10 Å². The SMILES string of the molecule is Cc1cc(C)n(C(CNS(=O)(=O)Cc2cc(F)cc(F)c2)c2ccco2)n1. The first-order chi connectivity index (χ1) is 12.7. The fourth-order valence-electron chi connectivity index (χ4n) is 2.92. The van der Waals surface area contributed by atoms with Gasteiger partial charge in [0.1, 0.15) is 23.4 Å². The fourth-order valence-corrected chi connectivity index (χ4v) is 4.04. The number of sulfonamides is 1. The van der Waals surface area contributed by atoms with Gasteiger partial charge in [0.25, 0.3) is 0 Å². The van der Waals surface area contributed by atoms with Crippen LogP contribution in [0.25, 0.3) is 0 Å². The number of halogens is 2. The van der Waals surface area contributed by atoms with Crippen molar-refractivity contribution in [2.75, 3.05) is 6.54 Å². The summed E-state index contributed by atoms with van der Waals surface area (Å²) >= 11 is 0. The Kier molecular flexibility index (Phi) is 5.43. The van der Waals surface area contributed by atoms with Gasteiger partial charge < -0.3 is 4.42 Å². The van der Waals surface area contributed by atoms with Crippen molar-refractivity contribution in [1.29, 1.82) is 0 Å². The lowest BCUT2D eigenvalue weighted by atomic mass is 10.2. The van der Waals surface area contributed by atoms with E-state index in [1.165, 1.54) is 6.26 Å². The molecule has 0 radical (unpaired) electrons. The molecule has 0 bridgehead atoms. The van der Waals surface area contributed by atoms with Crippen molar-refractivity contribution in [1.82, 2.24) is 14.5 Å². The Morgan fingerprint density at radius 1 is 1.19 bits per heavy atom. The maximum atomic E-state index is 13.3. The van der Waals surface area contributed by atoms with Crippen LogP contribution in [0.3, 0.4) is 0 Å². The molecule has 0 saturated heterocycles. The monoisotopic (exact) mass is 395 g/mol. The van der Waals surface area contributed by atoms with Gasteiger partial charge in [-0.3, -0.25) is 4.68 Å². The van der Waals surface area contributed by atoms with Crippen molar-refractivity contribution in [2.45, 2.75) is 25.6 Å². The van der Waals surface area contributed by atoms with E-state index in [9.17, 15) is 17.2 Å². The molecule has 0 spiro atoms. The van der Waals surface area contributed by atoms with E-state index in [1.807, 2.05) is 19.9 Å². The molecule has 0 amide bonds. The number of hydrogen-bond acceptors (Lipinski definition) is 4. The number of aromatic nitrogens is 2. The second-order valence-corrected chi connectivity index (χ2v) is 8.09. The van der Waals surface area contributed by atoms with Crippen LogP contribution in [0, 0.1) is 25.5 Å². The number of rotatable bonds is 7. The van der Waals surface area contributed by atoms with Crippen molar-refractivity contribution in [3.63, 3.8) is 0 Å². The standard InChI is InChI=1S/C18H19F2N3O3S/c1-12-6-13(2)23(22-12)17(18-4-3-5-26-18)10-21-27(24,25)11-14-7-15(19)9-16(20)8-14/h3-9,17,21H,10-11H2,1-2H3. The largest absolute Gasteiger partial charge is 0.467 e. The molecule has 1 N–H and O–H groups in total. The maximum Gasteiger partial charge on any atom is 0.215 e. The first-order valence-corrected chi connectivity index (χ1v) is 9.87. The van der Waals surface area contributed by atoms with Gasteiger partial charge >= 0.3 is 0 Å². The summed E-state index contributed by atoms with van der Waals surface area (Å²) in [7, 11) is -3.83. The second-order valence-electron chi connectivity index (χ2n) is 6.29. The maximum absolute atomic E-state index is 13.3. The van der Waals surface area contributed by atoms with Gasteiger partial charge in [-0.25, -0.2) is 21.9 Å². The quantitative estimate of drug-likeness (QED) is 0.667. The van der Waals surface area contributed by atoms with Crippen molar-refractivity contribution in [2.24, 2.45) is 0 Å². The first kappa shape index (κ1) is 19.2. The number of nitrogens with one attached hydrogen (secondary N) is 1. The molecule has 0 saturated carbocycles. The van der Waals surface area contributed by atoms with Gasteiger partial charge in [0.2, 0.25) is 10.0 Å². The highest BCUT2D eigenvalue weighted by molar-refractivity contribution is 7.88. The Balaban J connectivity index is 1.79. The van der Waals surface area contributed by atoms with Crippen LogP contribution < -0.4 is 4.72 Å². The molecule has 3 aromatic rings. The highest BCUT2D eigenvalue weighted by Crippen LogP contribution is 2.21. The Morgan fingerprint density at radius 2 is 1.89 bits per heavy atom. The Labute approximate surface area is 155 Å². The van der Waals surface area contributed by atoms with Crippen LogP contribution in [0.2, 0.25) is 0 Å². The summed E-state index contributed by atoms with van der Waals surface area (Å²) in [4.78, 5) is 0. The van der Waals surface area contributed by atoms with Crippen LogP contribution in [-0.4, -0.2) is 24.7 Å². The minimum absolute atomic E-state index is 0.0182. The van der Waals surface area contributed by atoms with Gasteiger partial charge in [0, 0.05) is 18.3 Å². The van der Waals surface area contributed by atoms with Crippen LogP contribution in [0.5, 0.6) is 0 Å². The van der Waals surface area contributed by atoms with Gasteiger partial charge in [-0.1, -0.05) is 0 Å². The molecule has 144 valence electrons. The molecule has 1 atom stereocenters. The number of hydrogen-bond donors (Lipinski definition) is 1. The Hall–Kier alpha value is -2.52. The van der Waals surface area contributed by atoms with Crippen molar-refractivity contribution < 1.29 is 21.6 Å². The van der Waals surface area contributed by atoms with Crippen molar-refractivity contribution in [3.8, 4) is 0 Å². The third-order valence-electron chi connectivity index (χ3n) is 3.99. The lowest BCUT2D eigenvalue weighted by Crippen LogP contribution is -2.33. The van der Waals surface area contributed by atoms with Gasteiger partial charge in [-0.15, -0.1) is 0 Å². The van der Waals surface area contributed by atoms with Gasteiger partial charge in [0.05, 0.1) is 17.7 Å². The summed E-state index contributed by atoms with van der Waals surface area (Å²) in [6.45, 7) is 3.68. The van der Waals surface area contributed by atoms with E-state index in [1.54, 1.807) is 16.8 Å². The molecule has 0 aliphatic rings. The van der Waals surface area contributed by atoms with Crippen LogP contribution in [-0.2, 0) is 15.8 Å². The van der Waals surface area contributed by atoms with E-state index in [-0.39, 0.29) is 12.1 Å². The molecular formula is C18H19F2N3O3S. The minimum atomic E-state index is -3.83. The number of nitrogens with zero attached hydrogens (tertiary/aromatic N) is 2. The average Bonchev–Trinajstić information content (AvgIpc) is 3.16. The summed E-state index contributed by atoms with van der Waals surface area (Å²) in [5.74, 6) is -1.64. The zero-order valence-corrected chi connectivity index (χ0v) is 15.6. The molecule has 27 heavy (non-hydrogen) atoms. The molecule has 2 aromatic heterocycles. The zero-order valence-electron chi connectivity index (χ0n) is 14.8. The highest BCUT2D eigenvalue weighted by atomic mass is 32.2. The normalized spacial score (nSPS) is 13.0. The minimum Gasteiger partial charge on any atom is -0.467 e. The molecule has 0 aliphatic carbocycles. The van der Waals surface area contributed by atoms with E-state index in [0.29, 0.717) is 11.8 Å². The number of aryl methyl sites for hydroxylation is 2. The lowest BCUT2D eigenvalue weighted by molar-refractivity contribution is 0.396. The first-order valence-electron chi connectivity index (χ1n) is 8.22. The van der Waals surface area contributed by atoms with Crippen LogP contribution >= 0.6 is 0 Å². The van der Waals surface area contributed by atoms with Crippen LogP contribution in [0.15, 0.2) is 47.1 Å². The summed E-state index contributed by atoms with van der Waals surface area (Å²) in [6, 6.07) is 7.50. The van der Waals surface area contributed by atoms with E-state index >= 15 is 0 Å². The summed E-state index contributed by atoms with van der Waals surface area (Å²) in [5, 5.41) is 4.40. The molecule has 6 nitrogen and oxygen atoms in total. The molecule has 0 aliphatic heterocycles. The number of furan rings is 1. The highest BCUT2D eigenvalue weighted by Gasteiger charge is 2.23. The number of benzene rings is 1. The Bertz CT molecular complexity index is 1010. The molecule has 3 rings (SSSR count). The third kappa shape index (κ3) is 4.81. The van der Waals surface area contributed by atoms with E-state index in [4.69, 9.17) is 4.42 Å². The molecule has 0 fully saturated rings.